The third-order valence-electron chi connectivity index (χ3n) is 4.72. The van der Waals surface area contributed by atoms with E-state index < -0.39 is 0 Å². The quantitative estimate of drug-likeness (QED) is 0.532. The van der Waals surface area contributed by atoms with Crippen LogP contribution in [-0.2, 0) is 7.05 Å². The van der Waals surface area contributed by atoms with Crippen molar-refractivity contribution in [2.24, 2.45) is 7.05 Å². The molecule has 0 fully saturated rings. The lowest BCUT2D eigenvalue weighted by Gasteiger charge is -2.18. The summed E-state index contributed by atoms with van der Waals surface area (Å²) in [5.41, 5.74) is 4.44. The molecule has 1 aromatic heterocycles. The monoisotopic (exact) mass is 341 g/mol. The lowest BCUT2D eigenvalue weighted by molar-refractivity contribution is 0.415. The first kappa shape index (κ1) is 16.2. The summed E-state index contributed by atoms with van der Waals surface area (Å²) < 4.78 is 7.44. The van der Waals surface area contributed by atoms with Crippen molar-refractivity contribution in [3.63, 3.8) is 0 Å². The van der Waals surface area contributed by atoms with Crippen molar-refractivity contribution in [3.05, 3.63) is 89.1 Å². The van der Waals surface area contributed by atoms with Crippen LogP contribution in [0.15, 0.2) is 83.7 Å². The normalized spacial score (nSPS) is 10.8. The summed E-state index contributed by atoms with van der Waals surface area (Å²) in [5, 5.41) is 0.687. The smallest absolute Gasteiger partial charge is 0.197 e. The van der Waals surface area contributed by atoms with E-state index in [1.807, 2.05) is 85.9 Å². The van der Waals surface area contributed by atoms with Crippen molar-refractivity contribution in [1.82, 2.24) is 4.57 Å². The highest BCUT2D eigenvalue weighted by molar-refractivity contribution is 5.92. The van der Waals surface area contributed by atoms with E-state index >= 15 is 0 Å². The fourth-order valence-corrected chi connectivity index (χ4v) is 3.44. The number of methoxy groups -OCH3 is 1. The first-order valence-electron chi connectivity index (χ1n) is 8.52. The topological polar surface area (TPSA) is 31.2 Å². The van der Waals surface area contributed by atoms with Crippen LogP contribution in [0, 0.1) is 0 Å². The summed E-state index contributed by atoms with van der Waals surface area (Å²) in [7, 11) is 3.63. The maximum atomic E-state index is 13.4. The van der Waals surface area contributed by atoms with Gasteiger partial charge in [-0.25, -0.2) is 0 Å². The first-order valence-corrected chi connectivity index (χ1v) is 8.52. The minimum absolute atomic E-state index is 0.0332. The van der Waals surface area contributed by atoms with Crippen molar-refractivity contribution in [2.75, 3.05) is 7.11 Å². The zero-order valence-corrected chi connectivity index (χ0v) is 14.8. The molecule has 0 N–H and O–H groups in total. The second-order valence-electron chi connectivity index (χ2n) is 6.23. The average molecular weight is 341 g/mol. The van der Waals surface area contributed by atoms with Gasteiger partial charge in [0.25, 0.3) is 0 Å². The van der Waals surface area contributed by atoms with Crippen LogP contribution in [-0.4, -0.2) is 11.7 Å². The Balaban J connectivity index is 2.18. The first-order chi connectivity index (χ1) is 12.7. The molecule has 0 amide bonds. The standard InChI is InChI=1S/C23H19NO2/c1-24-20-15-18(26-2)13-14-19(20)23(25)21(16-9-5-3-6-10-16)22(24)17-11-7-4-8-12-17/h3-15H,1-2H3. The van der Waals surface area contributed by atoms with Gasteiger partial charge in [0.05, 0.1) is 23.9 Å². The summed E-state index contributed by atoms with van der Waals surface area (Å²) in [6, 6.07) is 25.5. The summed E-state index contributed by atoms with van der Waals surface area (Å²) in [4.78, 5) is 13.4. The van der Waals surface area contributed by atoms with Crippen molar-refractivity contribution in [1.29, 1.82) is 0 Å². The van der Waals surface area contributed by atoms with Crippen molar-refractivity contribution >= 4 is 10.9 Å². The van der Waals surface area contributed by atoms with Gasteiger partial charge < -0.3 is 9.30 Å². The molecule has 0 saturated heterocycles. The van der Waals surface area contributed by atoms with E-state index in [-0.39, 0.29) is 5.43 Å². The van der Waals surface area contributed by atoms with Gasteiger partial charge in [-0.05, 0) is 23.3 Å². The number of rotatable bonds is 3. The molecule has 3 nitrogen and oxygen atoms in total. The summed E-state index contributed by atoms with van der Waals surface area (Å²) >= 11 is 0. The summed E-state index contributed by atoms with van der Waals surface area (Å²) in [5.74, 6) is 0.735. The van der Waals surface area contributed by atoms with Crippen LogP contribution in [0.4, 0.5) is 0 Å². The molecule has 0 aliphatic heterocycles. The van der Waals surface area contributed by atoms with E-state index in [4.69, 9.17) is 4.74 Å². The molecule has 4 rings (SSSR count). The molecule has 128 valence electrons. The summed E-state index contributed by atoms with van der Waals surface area (Å²) in [6.45, 7) is 0. The predicted octanol–water partition coefficient (Wildman–Crippen LogP) is 4.88. The molecule has 0 saturated carbocycles. The van der Waals surface area contributed by atoms with Crippen LogP contribution in [0.25, 0.3) is 33.3 Å². The number of hydrogen-bond donors (Lipinski definition) is 0. The van der Waals surface area contributed by atoms with Gasteiger partial charge in [-0.1, -0.05) is 60.7 Å². The number of fused-ring (bicyclic) bond motifs is 1. The Hall–Kier alpha value is -3.33. The molecule has 0 atom stereocenters. The maximum Gasteiger partial charge on any atom is 0.197 e. The van der Waals surface area contributed by atoms with Gasteiger partial charge in [-0.3, -0.25) is 4.79 Å². The van der Waals surface area contributed by atoms with Gasteiger partial charge in [0.1, 0.15) is 5.75 Å². The number of ether oxygens (including phenoxy) is 1. The van der Waals surface area contributed by atoms with Crippen LogP contribution in [0.1, 0.15) is 0 Å². The molecule has 0 aliphatic carbocycles. The predicted molar refractivity (Wildman–Crippen MR) is 107 cm³/mol. The lowest BCUT2D eigenvalue weighted by Crippen LogP contribution is -2.14. The molecule has 4 aromatic rings. The highest BCUT2D eigenvalue weighted by Gasteiger charge is 2.18. The number of nitrogens with zero attached hydrogens (tertiary/aromatic N) is 1. The Kier molecular flexibility index (Phi) is 4.05. The average Bonchev–Trinajstić information content (AvgIpc) is 2.71. The van der Waals surface area contributed by atoms with Gasteiger partial charge in [-0.15, -0.1) is 0 Å². The third kappa shape index (κ3) is 2.58. The van der Waals surface area contributed by atoms with E-state index in [0.717, 1.165) is 33.7 Å². The molecule has 3 heteroatoms. The van der Waals surface area contributed by atoms with Crippen LogP contribution in [0.5, 0.6) is 5.75 Å². The van der Waals surface area contributed by atoms with E-state index in [1.54, 1.807) is 7.11 Å². The highest BCUT2D eigenvalue weighted by atomic mass is 16.5. The Morgan fingerprint density at radius 3 is 2.04 bits per heavy atom. The van der Waals surface area contributed by atoms with E-state index in [0.29, 0.717) is 5.39 Å². The second-order valence-corrected chi connectivity index (χ2v) is 6.23. The van der Waals surface area contributed by atoms with E-state index in [2.05, 4.69) is 4.57 Å². The molecule has 0 bridgehead atoms. The minimum atomic E-state index is 0.0332. The van der Waals surface area contributed by atoms with E-state index in [1.165, 1.54) is 0 Å². The molecule has 0 radical (unpaired) electrons. The van der Waals surface area contributed by atoms with Gasteiger partial charge in [0.15, 0.2) is 5.43 Å². The largest absolute Gasteiger partial charge is 0.497 e. The van der Waals surface area contributed by atoms with Crippen LogP contribution < -0.4 is 10.2 Å². The fourth-order valence-electron chi connectivity index (χ4n) is 3.44. The van der Waals surface area contributed by atoms with Gasteiger partial charge in [-0.2, -0.15) is 0 Å². The molecular weight excluding hydrogens is 322 g/mol. The number of aromatic nitrogens is 1. The maximum absolute atomic E-state index is 13.4. The van der Waals surface area contributed by atoms with Crippen LogP contribution in [0.2, 0.25) is 0 Å². The third-order valence-corrected chi connectivity index (χ3v) is 4.72. The highest BCUT2D eigenvalue weighted by Crippen LogP contribution is 2.32. The minimum Gasteiger partial charge on any atom is -0.497 e. The zero-order chi connectivity index (χ0) is 18.1. The van der Waals surface area contributed by atoms with Crippen LogP contribution in [0.3, 0.4) is 0 Å². The molecule has 3 aromatic carbocycles. The number of benzene rings is 3. The lowest BCUT2D eigenvalue weighted by atomic mass is 9.96. The Morgan fingerprint density at radius 1 is 0.808 bits per heavy atom. The molecule has 0 unspecified atom stereocenters. The van der Waals surface area contributed by atoms with Gasteiger partial charge in [0.2, 0.25) is 0 Å². The Bertz CT molecular complexity index is 1130. The second kappa shape index (κ2) is 6.52. The molecule has 0 aliphatic rings. The molecule has 0 spiro atoms. The number of aryl methyl sites for hydroxylation is 1. The van der Waals surface area contributed by atoms with Crippen molar-refractivity contribution in [2.45, 2.75) is 0 Å². The Morgan fingerprint density at radius 2 is 1.42 bits per heavy atom. The number of pyridine rings is 1. The number of hydrogen-bond acceptors (Lipinski definition) is 2. The summed E-state index contributed by atoms with van der Waals surface area (Å²) in [6.07, 6.45) is 0. The molecule has 1 heterocycles. The van der Waals surface area contributed by atoms with Crippen LogP contribution >= 0.6 is 0 Å². The fraction of sp³-hybridized carbons (Fsp3) is 0.0870. The Labute approximate surface area is 152 Å². The van der Waals surface area contributed by atoms with E-state index in [9.17, 15) is 4.79 Å². The van der Waals surface area contributed by atoms with Crippen molar-refractivity contribution < 1.29 is 4.74 Å². The molecular formula is C23H19NO2. The van der Waals surface area contributed by atoms with Gasteiger partial charge in [0, 0.05) is 18.5 Å². The zero-order valence-electron chi connectivity index (χ0n) is 14.8. The van der Waals surface area contributed by atoms with Gasteiger partial charge >= 0.3 is 0 Å². The molecule has 26 heavy (non-hydrogen) atoms. The SMILES string of the molecule is COc1ccc2c(=O)c(-c3ccccc3)c(-c3ccccc3)n(C)c2c1. The van der Waals surface area contributed by atoms with Crippen molar-refractivity contribution in [3.8, 4) is 28.1 Å².